The Labute approximate surface area is 119 Å². The standard InChI is InChI=1S/C15H19ClN2O/c1-2-7-17-8-10-18(11-9-17)12-15(19)13-5-3-4-6-14(13)16/h1,3-6,15,19H,7-12H2. The van der Waals surface area contributed by atoms with Crippen LogP contribution in [0.4, 0.5) is 0 Å². The largest absolute Gasteiger partial charge is 0.387 e. The fourth-order valence-corrected chi connectivity index (χ4v) is 2.61. The molecule has 0 aliphatic carbocycles. The molecule has 1 aliphatic heterocycles. The van der Waals surface area contributed by atoms with Crippen molar-refractivity contribution in [2.24, 2.45) is 0 Å². The number of aliphatic hydroxyl groups excluding tert-OH is 1. The number of terminal acetylenes is 1. The molecule has 4 heteroatoms. The predicted octanol–water partition coefficient (Wildman–Crippen LogP) is 1.62. The monoisotopic (exact) mass is 278 g/mol. The topological polar surface area (TPSA) is 26.7 Å². The van der Waals surface area contributed by atoms with Gasteiger partial charge < -0.3 is 5.11 Å². The van der Waals surface area contributed by atoms with Crippen LogP contribution in [0.5, 0.6) is 0 Å². The number of nitrogens with zero attached hydrogens (tertiary/aromatic N) is 2. The Balaban J connectivity index is 1.86. The summed E-state index contributed by atoms with van der Waals surface area (Å²) in [5.74, 6) is 2.67. The number of β-amino-alcohol motifs (C(OH)–C–C–N with tert-alkyl or cyclic N) is 1. The first-order valence-electron chi connectivity index (χ1n) is 6.51. The SMILES string of the molecule is C#CCN1CCN(CC(O)c2ccccc2Cl)CC1. The molecular formula is C15H19ClN2O. The maximum absolute atomic E-state index is 10.3. The van der Waals surface area contributed by atoms with Gasteiger partial charge in [0.05, 0.1) is 12.6 Å². The Kier molecular flexibility index (Phi) is 5.24. The van der Waals surface area contributed by atoms with Crippen LogP contribution < -0.4 is 0 Å². The molecule has 3 nitrogen and oxygen atoms in total. The van der Waals surface area contributed by atoms with Crippen molar-refractivity contribution in [3.05, 3.63) is 34.9 Å². The van der Waals surface area contributed by atoms with Crippen LogP contribution in [-0.2, 0) is 0 Å². The van der Waals surface area contributed by atoms with E-state index in [-0.39, 0.29) is 0 Å². The average molecular weight is 279 g/mol. The van der Waals surface area contributed by atoms with E-state index in [0.29, 0.717) is 18.1 Å². The van der Waals surface area contributed by atoms with Crippen molar-refractivity contribution in [2.75, 3.05) is 39.3 Å². The Morgan fingerprint density at radius 3 is 2.47 bits per heavy atom. The van der Waals surface area contributed by atoms with E-state index >= 15 is 0 Å². The molecule has 1 atom stereocenters. The van der Waals surface area contributed by atoms with Crippen LogP contribution in [0.1, 0.15) is 11.7 Å². The zero-order valence-corrected chi connectivity index (χ0v) is 11.7. The molecule has 0 amide bonds. The maximum Gasteiger partial charge on any atom is 0.0931 e. The molecule has 1 fully saturated rings. The number of piperazine rings is 1. The molecule has 1 aliphatic rings. The third kappa shape index (κ3) is 3.95. The average Bonchev–Trinajstić information content (AvgIpc) is 2.42. The van der Waals surface area contributed by atoms with Crippen LogP contribution in [-0.4, -0.2) is 54.2 Å². The minimum Gasteiger partial charge on any atom is -0.387 e. The predicted molar refractivity (Wildman–Crippen MR) is 78.1 cm³/mol. The Morgan fingerprint density at radius 2 is 1.84 bits per heavy atom. The van der Waals surface area contributed by atoms with Crippen LogP contribution in [0.15, 0.2) is 24.3 Å². The molecule has 1 saturated heterocycles. The van der Waals surface area contributed by atoms with E-state index < -0.39 is 6.10 Å². The van der Waals surface area contributed by atoms with Gasteiger partial charge in [-0.05, 0) is 6.07 Å². The quantitative estimate of drug-likeness (QED) is 0.848. The number of hydrogen-bond donors (Lipinski definition) is 1. The highest BCUT2D eigenvalue weighted by atomic mass is 35.5. The second-order valence-electron chi connectivity index (χ2n) is 4.82. The van der Waals surface area contributed by atoms with Crippen molar-refractivity contribution in [3.63, 3.8) is 0 Å². The van der Waals surface area contributed by atoms with Crippen LogP contribution in [0.2, 0.25) is 5.02 Å². The highest BCUT2D eigenvalue weighted by Crippen LogP contribution is 2.23. The lowest BCUT2D eigenvalue weighted by molar-refractivity contribution is 0.0770. The van der Waals surface area contributed by atoms with Crippen molar-refractivity contribution in [1.29, 1.82) is 0 Å². The van der Waals surface area contributed by atoms with E-state index in [0.717, 1.165) is 31.7 Å². The smallest absolute Gasteiger partial charge is 0.0931 e. The van der Waals surface area contributed by atoms with Gasteiger partial charge in [-0.3, -0.25) is 9.80 Å². The van der Waals surface area contributed by atoms with E-state index in [1.54, 1.807) is 0 Å². The fourth-order valence-electron chi connectivity index (χ4n) is 2.35. The van der Waals surface area contributed by atoms with E-state index in [1.807, 2.05) is 24.3 Å². The molecule has 1 N–H and O–H groups in total. The van der Waals surface area contributed by atoms with Gasteiger partial charge in [-0.2, -0.15) is 0 Å². The lowest BCUT2D eigenvalue weighted by atomic mass is 10.1. The number of hydrogen-bond acceptors (Lipinski definition) is 3. The fraction of sp³-hybridized carbons (Fsp3) is 0.467. The van der Waals surface area contributed by atoms with Gasteiger partial charge in [0, 0.05) is 43.3 Å². The van der Waals surface area contributed by atoms with Crippen molar-refractivity contribution >= 4 is 11.6 Å². The molecule has 0 spiro atoms. The first-order valence-corrected chi connectivity index (χ1v) is 6.89. The van der Waals surface area contributed by atoms with Crippen molar-refractivity contribution in [1.82, 2.24) is 9.80 Å². The number of halogens is 1. The molecule has 0 radical (unpaired) electrons. The molecule has 1 aromatic carbocycles. The van der Waals surface area contributed by atoms with Crippen LogP contribution >= 0.6 is 11.6 Å². The summed E-state index contributed by atoms with van der Waals surface area (Å²) < 4.78 is 0. The molecule has 102 valence electrons. The van der Waals surface area contributed by atoms with Gasteiger partial charge in [0.15, 0.2) is 0 Å². The van der Waals surface area contributed by atoms with Crippen LogP contribution in [0, 0.1) is 12.3 Å². The van der Waals surface area contributed by atoms with Crippen LogP contribution in [0.3, 0.4) is 0 Å². The van der Waals surface area contributed by atoms with Gasteiger partial charge in [-0.25, -0.2) is 0 Å². The first kappa shape index (κ1) is 14.4. The van der Waals surface area contributed by atoms with Gasteiger partial charge >= 0.3 is 0 Å². The molecule has 1 unspecified atom stereocenters. The Hall–Kier alpha value is -1.05. The molecule has 19 heavy (non-hydrogen) atoms. The second kappa shape index (κ2) is 6.93. The molecular weight excluding hydrogens is 260 g/mol. The highest BCUT2D eigenvalue weighted by molar-refractivity contribution is 6.31. The lowest BCUT2D eigenvalue weighted by Crippen LogP contribution is -2.47. The summed E-state index contributed by atoms with van der Waals surface area (Å²) in [5, 5.41) is 10.9. The summed E-state index contributed by atoms with van der Waals surface area (Å²) in [6.07, 6.45) is 4.77. The highest BCUT2D eigenvalue weighted by Gasteiger charge is 2.20. The van der Waals surface area contributed by atoms with E-state index in [2.05, 4.69) is 15.7 Å². The summed E-state index contributed by atoms with van der Waals surface area (Å²) >= 11 is 6.09. The maximum atomic E-state index is 10.3. The number of rotatable bonds is 4. The van der Waals surface area contributed by atoms with Gasteiger partial charge in [-0.1, -0.05) is 35.7 Å². The summed E-state index contributed by atoms with van der Waals surface area (Å²) in [4.78, 5) is 4.50. The van der Waals surface area contributed by atoms with Gasteiger partial charge in [0.2, 0.25) is 0 Å². The third-order valence-corrected chi connectivity index (χ3v) is 3.82. The van der Waals surface area contributed by atoms with E-state index in [9.17, 15) is 5.11 Å². The molecule has 0 saturated carbocycles. The zero-order chi connectivity index (χ0) is 13.7. The van der Waals surface area contributed by atoms with E-state index in [1.165, 1.54) is 0 Å². The third-order valence-electron chi connectivity index (χ3n) is 3.48. The summed E-state index contributed by atoms with van der Waals surface area (Å²) in [6.45, 7) is 5.11. The molecule has 0 bridgehead atoms. The normalized spacial score (nSPS) is 19.0. The van der Waals surface area contributed by atoms with Crippen molar-refractivity contribution in [3.8, 4) is 12.3 Å². The minimum absolute atomic E-state index is 0.534. The lowest BCUT2D eigenvalue weighted by Gasteiger charge is -2.34. The van der Waals surface area contributed by atoms with Gasteiger partial charge in [0.25, 0.3) is 0 Å². The molecule has 1 aromatic rings. The molecule has 2 rings (SSSR count). The molecule has 1 heterocycles. The minimum atomic E-state index is -0.534. The van der Waals surface area contributed by atoms with E-state index in [4.69, 9.17) is 18.0 Å². The van der Waals surface area contributed by atoms with Crippen molar-refractivity contribution in [2.45, 2.75) is 6.10 Å². The summed E-state index contributed by atoms with van der Waals surface area (Å²) in [5.41, 5.74) is 0.801. The Bertz CT molecular complexity index is 450. The van der Waals surface area contributed by atoms with Crippen LogP contribution in [0.25, 0.3) is 0 Å². The Morgan fingerprint density at radius 1 is 1.21 bits per heavy atom. The first-order chi connectivity index (χ1) is 9.20. The van der Waals surface area contributed by atoms with Gasteiger partial charge in [-0.15, -0.1) is 6.42 Å². The summed E-state index contributed by atoms with van der Waals surface area (Å²) in [6, 6.07) is 7.46. The zero-order valence-electron chi connectivity index (χ0n) is 10.9. The summed E-state index contributed by atoms with van der Waals surface area (Å²) in [7, 11) is 0. The number of aliphatic hydroxyl groups is 1. The van der Waals surface area contributed by atoms with Crippen molar-refractivity contribution < 1.29 is 5.11 Å². The molecule has 0 aromatic heterocycles. The van der Waals surface area contributed by atoms with Gasteiger partial charge in [0.1, 0.15) is 0 Å². The number of benzene rings is 1. The second-order valence-corrected chi connectivity index (χ2v) is 5.23.